The summed E-state index contributed by atoms with van der Waals surface area (Å²) in [6, 6.07) is 0.285. The van der Waals surface area contributed by atoms with Crippen molar-refractivity contribution in [1.82, 2.24) is 5.32 Å². The monoisotopic (exact) mass is 379 g/mol. The molecular formula is C22H37NO4. The molecule has 2 N–H and O–H groups in total. The number of amides is 1. The molecule has 3 aliphatic rings. The summed E-state index contributed by atoms with van der Waals surface area (Å²) in [6.07, 6.45) is 14.1. The van der Waals surface area contributed by atoms with E-state index in [-0.39, 0.29) is 30.8 Å². The average Bonchev–Trinajstić information content (AvgIpc) is 3.20. The molecule has 0 aromatic rings. The minimum Gasteiger partial charge on any atom is -0.459 e. The Morgan fingerprint density at radius 1 is 1.19 bits per heavy atom. The summed E-state index contributed by atoms with van der Waals surface area (Å²) >= 11 is 0. The number of carbonyl (C=O) groups is 1. The number of aliphatic hydroxyl groups is 1. The zero-order valence-electron chi connectivity index (χ0n) is 16.8. The highest BCUT2D eigenvalue weighted by Crippen LogP contribution is 2.42. The molecule has 0 saturated heterocycles. The second-order valence-electron chi connectivity index (χ2n) is 8.43. The van der Waals surface area contributed by atoms with Crippen molar-refractivity contribution >= 4 is 5.91 Å². The van der Waals surface area contributed by atoms with Crippen molar-refractivity contribution in [3.8, 4) is 0 Å². The highest BCUT2D eigenvalue weighted by atomic mass is 16.7. The lowest BCUT2D eigenvalue weighted by atomic mass is 9.71. The van der Waals surface area contributed by atoms with Crippen molar-refractivity contribution in [2.75, 3.05) is 13.2 Å². The predicted octanol–water partition coefficient (Wildman–Crippen LogP) is 3.91. The van der Waals surface area contributed by atoms with Gasteiger partial charge in [0.05, 0.1) is 0 Å². The highest BCUT2D eigenvalue weighted by Gasteiger charge is 2.41. The Bertz CT molecular complexity index is 495. The standard InChI is InChI=1S/C22H37NO4/c1-2-26-22-18(13-8-14-24)19(16-9-4-3-5-10-16)15-20(27-22)21(25)23-17-11-6-7-12-17/h15-19,22,24H,2-14H2,1H3,(H,23,25)/t18-,19+,22+/m1/s1. The Morgan fingerprint density at radius 2 is 1.89 bits per heavy atom. The van der Waals surface area contributed by atoms with Crippen molar-refractivity contribution in [3.05, 3.63) is 11.8 Å². The summed E-state index contributed by atoms with van der Waals surface area (Å²) in [7, 11) is 0. The summed E-state index contributed by atoms with van der Waals surface area (Å²) in [5.41, 5.74) is 0. The fourth-order valence-corrected chi connectivity index (χ4v) is 5.17. The third-order valence-corrected chi connectivity index (χ3v) is 6.57. The Hall–Kier alpha value is -1.07. The number of nitrogens with one attached hydrogen (secondary N) is 1. The van der Waals surface area contributed by atoms with Gasteiger partial charge in [-0.25, -0.2) is 0 Å². The van der Waals surface area contributed by atoms with Gasteiger partial charge in [0, 0.05) is 25.2 Å². The van der Waals surface area contributed by atoms with E-state index < -0.39 is 0 Å². The minimum absolute atomic E-state index is 0.0759. The van der Waals surface area contributed by atoms with Crippen LogP contribution in [0, 0.1) is 17.8 Å². The van der Waals surface area contributed by atoms with Crippen LogP contribution in [0.25, 0.3) is 0 Å². The van der Waals surface area contributed by atoms with Gasteiger partial charge < -0.3 is 19.9 Å². The van der Waals surface area contributed by atoms with Gasteiger partial charge in [-0.15, -0.1) is 0 Å². The molecule has 0 bridgehead atoms. The normalized spacial score (nSPS) is 30.0. The third-order valence-electron chi connectivity index (χ3n) is 6.57. The first-order chi connectivity index (χ1) is 13.2. The van der Waals surface area contributed by atoms with Crippen molar-refractivity contribution in [1.29, 1.82) is 0 Å². The maximum atomic E-state index is 12.9. The van der Waals surface area contributed by atoms with Crippen LogP contribution in [0.3, 0.4) is 0 Å². The first-order valence-corrected chi connectivity index (χ1v) is 11.1. The van der Waals surface area contributed by atoms with Gasteiger partial charge in [-0.05, 0) is 63.4 Å². The number of hydrogen-bond donors (Lipinski definition) is 2. The lowest BCUT2D eigenvalue weighted by molar-refractivity contribution is -0.177. The van der Waals surface area contributed by atoms with Crippen LogP contribution in [0.4, 0.5) is 0 Å². The molecule has 2 fully saturated rings. The number of allylic oxidation sites excluding steroid dienone is 1. The summed E-state index contributed by atoms with van der Waals surface area (Å²) < 4.78 is 12.0. The van der Waals surface area contributed by atoms with Crippen LogP contribution in [0.15, 0.2) is 11.8 Å². The predicted molar refractivity (Wildman–Crippen MR) is 105 cm³/mol. The van der Waals surface area contributed by atoms with E-state index >= 15 is 0 Å². The summed E-state index contributed by atoms with van der Waals surface area (Å²) in [5, 5.41) is 12.5. The molecule has 0 spiro atoms. The van der Waals surface area contributed by atoms with Gasteiger partial charge in [-0.3, -0.25) is 4.79 Å². The van der Waals surface area contributed by atoms with E-state index in [1.165, 1.54) is 44.9 Å². The number of carbonyl (C=O) groups excluding carboxylic acids is 1. The maximum absolute atomic E-state index is 12.9. The van der Waals surface area contributed by atoms with Gasteiger partial charge in [0.2, 0.25) is 6.29 Å². The molecule has 0 aromatic carbocycles. The van der Waals surface area contributed by atoms with E-state index in [9.17, 15) is 9.90 Å². The van der Waals surface area contributed by atoms with Crippen LogP contribution >= 0.6 is 0 Å². The zero-order valence-corrected chi connectivity index (χ0v) is 16.8. The maximum Gasteiger partial charge on any atom is 0.286 e. The Balaban J connectivity index is 1.78. The van der Waals surface area contributed by atoms with Crippen molar-refractivity contribution < 1.29 is 19.4 Å². The van der Waals surface area contributed by atoms with E-state index in [0.29, 0.717) is 24.2 Å². The first-order valence-electron chi connectivity index (χ1n) is 11.1. The highest BCUT2D eigenvalue weighted by molar-refractivity contribution is 5.91. The number of aliphatic hydroxyl groups excluding tert-OH is 1. The van der Waals surface area contributed by atoms with Crippen molar-refractivity contribution in [2.24, 2.45) is 17.8 Å². The molecule has 5 heteroatoms. The first kappa shape index (κ1) is 20.7. The van der Waals surface area contributed by atoms with Gasteiger partial charge in [0.1, 0.15) is 0 Å². The summed E-state index contributed by atoms with van der Waals surface area (Å²) in [6.45, 7) is 2.72. The molecule has 3 atom stereocenters. The summed E-state index contributed by atoms with van der Waals surface area (Å²) in [5.74, 6) is 1.47. The van der Waals surface area contributed by atoms with Crippen molar-refractivity contribution in [2.45, 2.75) is 89.9 Å². The smallest absolute Gasteiger partial charge is 0.286 e. The third kappa shape index (κ3) is 5.47. The van der Waals surface area contributed by atoms with E-state index in [1.807, 2.05) is 6.92 Å². The SMILES string of the molecule is CCO[C@H]1OC(C(=O)NC2CCCC2)=C[C@@H](C2CCCCC2)[C@H]1CCCO. The molecule has 1 aliphatic heterocycles. The Labute approximate surface area is 163 Å². The van der Waals surface area contributed by atoms with Gasteiger partial charge in [-0.1, -0.05) is 32.1 Å². The average molecular weight is 380 g/mol. The van der Waals surface area contributed by atoms with Gasteiger partial charge in [-0.2, -0.15) is 0 Å². The van der Waals surface area contributed by atoms with Crippen LogP contribution in [0.1, 0.15) is 77.6 Å². The zero-order chi connectivity index (χ0) is 19.1. The quantitative estimate of drug-likeness (QED) is 0.671. The van der Waals surface area contributed by atoms with Crippen LogP contribution in [0.5, 0.6) is 0 Å². The van der Waals surface area contributed by atoms with E-state index in [2.05, 4.69) is 11.4 Å². The molecule has 154 valence electrons. The fraction of sp³-hybridized carbons (Fsp3) is 0.864. The molecule has 1 heterocycles. The van der Waals surface area contributed by atoms with Gasteiger partial charge in [0.15, 0.2) is 5.76 Å². The fourth-order valence-electron chi connectivity index (χ4n) is 5.17. The molecule has 0 aromatic heterocycles. The number of hydrogen-bond acceptors (Lipinski definition) is 4. The molecule has 2 saturated carbocycles. The van der Waals surface area contributed by atoms with Gasteiger partial charge >= 0.3 is 0 Å². The number of ether oxygens (including phenoxy) is 2. The van der Waals surface area contributed by atoms with Crippen LogP contribution in [0.2, 0.25) is 0 Å². The Kier molecular flexibility index (Phi) is 8.01. The second-order valence-corrected chi connectivity index (χ2v) is 8.43. The largest absolute Gasteiger partial charge is 0.459 e. The lowest BCUT2D eigenvalue weighted by Gasteiger charge is -2.41. The molecule has 0 radical (unpaired) electrons. The molecule has 1 amide bonds. The van der Waals surface area contributed by atoms with Crippen LogP contribution in [-0.2, 0) is 14.3 Å². The molecule has 0 unspecified atom stereocenters. The topological polar surface area (TPSA) is 67.8 Å². The molecule has 2 aliphatic carbocycles. The molecule has 3 rings (SSSR count). The van der Waals surface area contributed by atoms with Crippen LogP contribution < -0.4 is 5.32 Å². The minimum atomic E-state index is -0.386. The molecule has 5 nitrogen and oxygen atoms in total. The molecule has 27 heavy (non-hydrogen) atoms. The molecular weight excluding hydrogens is 342 g/mol. The van der Waals surface area contributed by atoms with Gasteiger partial charge in [0.25, 0.3) is 5.91 Å². The number of rotatable bonds is 8. The second kappa shape index (κ2) is 10.5. The van der Waals surface area contributed by atoms with E-state index in [4.69, 9.17) is 9.47 Å². The van der Waals surface area contributed by atoms with E-state index in [1.54, 1.807) is 0 Å². The lowest BCUT2D eigenvalue weighted by Crippen LogP contribution is -2.43. The Morgan fingerprint density at radius 3 is 2.56 bits per heavy atom. The van der Waals surface area contributed by atoms with Crippen molar-refractivity contribution in [3.63, 3.8) is 0 Å². The van der Waals surface area contributed by atoms with Crippen LogP contribution in [-0.4, -0.2) is 36.6 Å². The summed E-state index contributed by atoms with van der Waals surface area (Å²) in [4.78, 5) is 12.9. The van der Waals surface area contributed by atoms with E-state index in [0.717, 1.165) is 25.7 Å².